The largest absolute Gasteiger partial charge is 0.508 e. The van der Waals surface area contributed by atoms with Crippen molar-refractivity contribution in [1.29, 1.82) is 0 Å². The summed E-state index contributed by atoms with van der Waals surface area (Å²) < 4.78 is 0. The molecule has 2 rings (SSSR count). The van der Waals surface area contributed by atoms with Gasteiger partial charge in [-0.25, -0.2) is 9.78 Å². The van der Waals surface area contributed by atoms with Crippen LogP contribution in [0.2, 0.25) is 0 Å². The van der Waals surface area contributed by atoms with E-state index in [1.165, 1.54) is 36.8 Å². The molecule has 9 N–H and O–H groups in total. The number of hydrogen-bond acceptors (Lipinski definition) is 8. The Hall–Kier alpha value is -4.46. The van der Waals surface area contributed by atoms with Crippen LogP contribution in [0.15, 0.2) is 36.8 Å². The Bertz CT molecular complexity index is 1140. The normalized spacial score (nSPS) is 14.1. The van der Waals surface area contributed by atoms with Gasteiger partial charge in [-0.2, -0.15) is 0 Å². The first-order valence-electron chi connectivity index (χ1n) is 12.2. The topological polar surface area (TPSA) is 237 Å². The van der Waals surface area contributed by atoms with Gasteiger partial charge < -0.3 is 42.0 Å². The summed E-state index contributed by atoms with van der Waals surface area (Å²) >= 11 is 0. The predicted octanol–water partition coefficient (Wildman–Crippen LogP) is -0.712. The molecule has 0 fully saturated rings. The quantitative estimate of drug-likeness (QED) is 0.140. The smallest absolute Gasteiger partial charge is 0.326 e. The molecule has 14 nitrogen and oxygen atoms in total. The lowest BCUT2D eigenvalue weighted by molar-refractivity contribution is -0.147. The van der Waals surface area contributed by atoms with E-state index in [0.29, 0.717) is 11.3 Å². The molecule has 1 aromatic carbocycles. The lowest BCUT2D eigenvalue weighted by Crippen LogP contribution is -2.58. The van der Waals surface area contributed by atoms with Gasteiger partial charge in [0, 0.05) is 24.7 Å². The van der Waals surface area contributed by atoms with Crippen molar-refractivity contribution < 1.29 is 39.3 Å². The van der Waals surface area contributed by atoms with Crippen LogP contribution in [0.1, 0.15) is 37.9 Å². The minimum atomic E-state index is -1.74. The third-order valence-corrected chi connectivity index (χ3v) is 5.67. The van der Waals surface area contributed by atoms with E-state index in [-0.39, 0.29) is 30.9 Å². The van der Waals surface area contributed by atoms with Gasteiger partial charge in [0.15, 0.2) is 0 Å². The summed E-state index contributed by atoms with van der Waals surface area (Å²) in [5, 5.41) is 35.2. The predicted molar refractivity (Wildman–Crippen MR) is 137 cm³/mol. The van der Waals surface area contributed by atoms with Crippen molar-refractivity contribution in [2.45, 2.75) is 63.7 Å². The number of nitrogens with two attached hydrogens (primary N) is 1. The van der Waals surface area contributed by atoms with E-state index in [9.17, 15) is 34.2 Å². The van der Waals surface area contributed by atoms with Crippen LogP contribution in [0.5, 0.6) is 5.75 Å². The lowest BCUT2D eigenvalue weighted by Gasteiger charge is -2.26. The molecule has 39 heavy (non-hydrogen) atoms. The number of aromatic nitrogens is 2. The lowest BCUT2D eigenvalue weighted by atomic mass is 10.00. The van der Waals surface area contributed by atoms with E-state index in [1.54, 1.807) is 0 Å². The summed E-state index contributed by atoms with van der Waals surface area (Å²) in [6.07, 6.45) is 2.33. The van der Waals surface area contributed by atoms with Crippen LogP contribution >= 0.6 is 0 Å². The second-order valence-electron chi connectivity index (χ2n) is 9.51. The number of benzene rings is 1. The molecule has 212 valence electrons. The Kier molecular flexibility index (Phi) is 11.4. The number of carboxylic acids is 2. The van der Waals surface area contributed by atoms with Crippen LogP contribution in [0.4, 0.5) is 0 Å². The Morgan fingerprint density at radius 2 is 1.49 bits per heavy atom. The number of phenols is 1. The molecule has 2 aromatic rings. The zero-order valence-electron chi connectivity index (χ0n) is 21.6. The highest BCUT2D eigenvalue weighted by Gasteiger charge is 2.31. The van der Waals surface area contributed by atoms with Crippen LogP contribution in [-0.4, -0.2) is 79.1 Å². The summed E-state index contributed by atoms with van der Waals surface area (Å²) in [4.78, 5) is 68.4. The number of amides is 3. The van der Waals surface area contributed by atoms with E-state index in [0.717, 1.165) is 0 Å². The molecular weight excluding hydrogens is 512 g/mol. The van der Waals surface area contributed by atoms with Crippen molar-refractivity contribution >= 4 is 29.7 Å². The van der Waals surface area contributed by atoms with E-state index in [4.69, 9.17) is 10.8 Å². The number of nitrogens with zero attached hydrogens (tertiary/aromatic N) is 1. The molecule has 0 radical (unpaired) electrons. The second kappa shape index (κ2) is 14.5. The highest BCUT2D eigenvalue weighted by atomic mass is 16.4. The molecule has 0 saturated heterocycles. The molecule has 0 aliphatic heterocycles. The van der Waals surface area contributed by atoms with Gasteiger partial charge in [-0.15, -0.1) is 0 Å². The molecule has 14 heteroatoms. The van der Waals surface area contributed by atoms with Gasteiger partial charge in [-0.05, 0) is 30.0 Å². The van der Waals surface area contributed by atoms with E-state index >= 15 is 0 Å². The molecule has 1 heterocycles. The number of imidazole rings is 1. The Balaban J connectivity index is 2.22. The number of aromatic hydroxyl groups is 1. The minimum Gasteiger partial charge on any atom is -0.508 e. The standard InChI is InChI=1S/C25H34N6O8/c1-13(2)7-18(29-22(35)17(26)9-15-11-27-12-28-15)23(36)30-19(8-14-3-5-16(32)6-4-14)24(37)31-20(25(38)39)10-21(33)34/h3-6,11-13,17-20,32H,7-10,26H2,1-2H3,(H,27,28)(H,29,35)(H,30,36)(H,31,37)(H,33,34)(H,38,39). The fourth-order valence-corrected chi connectivity index (χ4v) is 3.70. The van der Waals surface area contributed by atoms with Gasteiger partial charge in [-0.1, -0.05) is 26.0 Å². The number of hydrogen-bond donors (Lipinski definition) is 8. The SMILES string of the molecule is CC(C)CC(NC(=O)C(N)Cc1cnc[nH]1)C(=O)NC(Cc1ccc(O)cc1)C(=O)NC(CC(=O)O)C(=O)O. The van der Waals surface area contributed by atoms with Crippen molar-refractivity contribution in [2.75, 3.05) is 0 Å². The van der Waals surface area contributed by atoms with Crippen molar-refractivity contribution in [2.24, 2.45) is 11.7 Å². The zero-order valence-corrected chi connectivity index (χ0v) is 21.6. The molecule has 0 bridgehead atoms. The number of phenolic OH excluding ortho intramolecular Hbond substituents is 1. The summed E-state index contributed by atoms with van der Waals surface area (Å²) in [5.41, 5.74) is 7.14. The Labute approximate surface area is 224 Å². The molecule has 0 aliphatic carbocycles. The number of H-pyrrole nitrogens is 1. The highest BCUT2D eigenvalue weighted by molar-refractivity contribution is 5.94. The third-order valence-electron chi connectivity index (χ3n) is 5.67. The fraction of sp³-hybridized carbons (Fsp3) is 0.440. The molecule has 1 aromatic heterocycles. The van der Waals surface area contributed by atoms with Crippen LogP contribution in [-0.2, 0) is 36.8 Å². The van der Waals surface area contributed by atoms with Gasteiger partial charge in [-0.3, -0.25) is 19.2 Å². The van der Waals surface area contributed by atoms with Crippen molar-refractivity contribution in [1.82, 2.24) is 25.9 Å². The molecule has 0 aliphatic rings. The number of carboxylic acid groups (broad SMARTS) is 2. The van der Waals surface area contributed by atoms with E-state index in [1.807, 2.05) is 13.8 Å². The molecule has 4 atom stereocenters. The Morgan fingerprint density at radius 3 is 2.03 bits per heavy atom. The first kappa shape index (κ1) is 30.8. The van der Waals surface area contributed by atoms with Crippen molar-refractivity contribution in [3.63, 3.8) is 0 Å². The van der Waals surface area contributed by atoms with Gasteiger partial charge in [0.1, 0.15) is 23.9 Å². The fourth-order valence-electron chi connectivity index (χ4n) is 3.70. The molecule has 0 spiro atoms. The zero-order chi connectivity index (χ0) is 29.1. The maximum absolute atomic E-state index is 13.3. The van der Waals surface area contributed by atoms with Crippen molar-refractivity contribution in [3.05, 3.63) is 48.0 Å². The number of carbonyl (C=O) groups is 5. The van der Waals surface area contributed by atoms with Gasteiger partial charge >= 0.3 is 11.9 Å². The monoisotopic (exact) mass is 546 g/mol. The summed E-state index contributed by atoms with van der Waals surface area (Å²) in [6, 6.07) is 0.638. The highest BCUT2D eigenvalue weighted by Crippen LogP contribution is 2.13. The number of carbonyl (C=O) groups excluding carboxylic acids is 3. The third kappa shape index (κ3) is 10.4. The maximum Gasteiger partial charge on any atom is 0.326 e. The van der Waals surface area contributed by atoms with Crippen LogP contribution in [0, 0.1) is 5.92 Å². The van der Waals surface area contributed by atoms with E-state index in [2.05, 4.69) is 25.9 Å². The van der Waals surface area contributed by atoms with Crippen molar-refractivity contribution in [3.8, 4) is 5.75 Å². The van der Waals surface area contributed by atoms with Crippen LogP contribution in [0.25, 0.3) is 0 Å². The second-order valence-corrected chi connectivity index (χ2v) is 9.51. The number of nitrogens with one attached hydrogen (secondary N) is 4. The average Bonchev–Trinajstić information content (AvgIpc) is 3.36. The van der Waals surface area contributed by atoms with Gasteiger partial charge in [0.25, 0.3) is 0 Å². The number of rotatable bonds is 15. The first-order chi connectivity index (χ1) is 18.3. The van der Waals surface area contributed by atoms with E-state index < -0.39 is 60.2 Å². The first-order valence-corrected chi connectivity index (χ1v) is 12.2. The maximum atomic E-state index is 13.3. The molecule has 0 saturated carbocycles. The summed E-state index contributed by atoms with van der Waals surface area (Å²) in [5.74, 6) is -5.31. The summed E-state index contributed by atoms with van der Waals surface area (Å²) in [7, 11) is 0. The number of aliphatic carboxylic acids is 2. The Morgan fingerprint density at radius 1 is 0.897 bits per heavy atom. The molecule has 3 amide bonds. The van der Waals surface area contributed by atoms with Gasteiger partial charge in [0.05, 0.1) is 18.8 Å². The molecule has 4 unspecified atom stereocenters. The average molecular weight is 547 g/mol. The molecular formula is C25H34N6O8. The number of aromatic amines is 1. The summed E-state index contributed by atoms with van der Waals surface area (Å²) in [6.45, 7) is 3.67. The van der Waals surface area contributed by atoms with Gasteiger partial charge in [0.2, 0.25) is 17.7 Å². The van der Waals surface area contributed by atoms with Crippen LogP contribution < -0.4 is 21.7 Å². The van der Waals surface area contributed by atoms with Crippen LogP contribution in [0.3, 0.4) is 0 Å². The minimum absolute atomic E-state index is 0.0256.